The van der Waals surface area contributed by atoms with Crippen LogP contribution in [0.5, 0.6) is 0 Å². The molecule has 122 valence electrons. The SMILES string of the molecule is CC(C)(C)c1nc(NC(=O)c2ccccc2)sc1CC[N+](=O)[O-]. The molecule has 0 radical (unpaired) electrons. The van der Waals surface area contributed by atoms with E-state index < -0.39 is 0 Å². The maximum Gasteiger partial charge on any atom is 0.257 e. The molecule has 0 saturated carbocycles. The fourth-order valence-electron chi connectivity index (χ4n) is 2.11. The van der Waals surface area contributed by atoms with E-state index in [2.05, 4.69) is 10.3 Å². The van der Waals surface area contributed by atoms with Crippen LogP contribution in [0.15, 0.2) is 30.3 Å². The predicted molar refractivity (Wildman–Crippen MR) is 90.8 cm³/mol. The van der Waals surface area contributed by atoms with Crippen molar-refractivity contribution < 1.29 is 9.72 Å². The summed E-state index contributed by atoms with van der Waals surface area (Å²) in [5.41, 5.74) is 1.11. The first-order chi connectivity index (χ1) is 10.8. The van der Waals surface area contributed by atoms with Gasteiger partial charge in [-0.1, -0.05) is 39.0 Å². The summed E-state index contributed by atoms with van der Waals surface area (Å²) in [6.45, 7) is 5.86. The Hall–Kier alpha value is -2.28. The number of amides is 1. The third-order valence-corrected chi connectivity index (χ3v) is 4.22. The van der Waals surface area contributed by atoms with E-state index in [4.69, 9.17) is 0 Å². The average Bonchev–Trinajstić information content (AvgIpc) is 2.89. The fraction of sp³-hybridized carbons (Fsp3) is 0.375. The Morgan fingerprint density at radius 2 is 1.96 bits per heavy atom. The zero-order chi connectivity index (χ0) is 17.0. The summed E-state index contributed by atoms with van der Waals surface area (Å²) in [6.07, 6.45) is 0.318. The second-order valence-electron chi connectivity index (χ2n) is 6.17. The molecule has 0 unspecified atom stereocenters. The van der Waals surface area contributed by atoms with Crippen molar-refractivity contribution in [1.82, 2.24) is 4.98 Å². The predicted octanol–water partition coefficient (Wildman–Crippen LogP) is 3.51. The van der Waals surface area contributed by atoms with E-state index in [1.807, 2.05) is 26.8 Å². The van der Waals surface area contributed by atoms with Crippen LogP contribution in [-0.2, 0) is 11.8 Å². The molecule has 6 nitrogen and oxygen atoms in total. The highest BCUT2D eigenvalue weighted by molar-refractivity contribution is 7.15. The van der Waals surface area contributed by atoms with Gasteiger partial charge in [0.1, 0.15) is 0 Å². The van der Waals surface area contributed by atoms with Gasteiger partial charge in [0.2, 0.25) is 6.54 Å². The summed E-state index contributed by atoms with van der Waals surface area (Å²) in [4.78, 5) is 27.8. The van der Waals surface area contributed by atoms with Gasteiger partial charge in [-0.05, 0) is 12.1 Å². The third-order valence-electron chi connectivity index (χ3n) is 3.19. The molecule has 1 aromatic heterocycles. The maximum absolute atomic E-state index is 12.2. The van der Waals surface area contributed by atoms with Gasteiger partial charge in [0.25, 0.3) is 5.91 Å². The minimum Gasteiger partial charge on any atom is -0.298 e. The number of carbonyl (C=O) groups is 1. The summed E-state index contributed by atoms with van der Waals surface area (Å²) < 4.78 is 0. The van der Waals surface area contributed by atoms with Crippen LogP contribution < -0.4 is 5.32 Å². The molecular weight excluding hydrogens is 314 g/mol. The molecule has 1 amide bonds. The van der Waals surface area contributed by atoms with Crippen molar-refractivity contribution in [2.75, 3.05) is 11.9 Å². The quantitative estimate of drug-likeness (QED) is 0.670. The first-order valence-corrected chi connectivity index (χ1v) is 8.07. The van der Waals surface area contributed by atoms with Crippen molar-refractivity contribution in [3.63, 3.8) is 0 Å². The van der Waals surface area contributed by atoms with Crippen LogP contribution >= 0.6 is 11.3 Å². The van der Waals surface area contributed by atoms with E-state index in [1.165, 1.54) is 11.3 Å². The third kappa shape index (κ3) is 4.59. The molecule has 2 aromatic rings. The summed E-state index contributed by atoms with van der Waals surface area (Å²) in [7, 11) is 0. The minimum absolute atomic E-state index is 0.142. The minimum atomic E-state index is -0.339. The van der Waals surface area contributed by atoms with Gasteiger partial charge in [0.05, 0.1) is 5.69 Å². The monoisotopic (exact) mass is 333 g/mol. The van der Waals surface area contributed by atoms with Crippen molar-refractivity contribution in [3.05, 3.63) is 56.6 Å². The van der Waals surface area contributed by atoms with Crippen LogP contribution in [-0.4, -0.2) is 22.4 Å². The lowest BCUT2D eigenvalue weighted by atomic mass is 9.91. The molecule has 7 heteroatoms. The molecule has 0 aliphatic heterocycles. The second kappa shape index (κ2) is 6.87. The molecular formula is C16H19N3O3S. The average molecular weight is 333 g/mol. The van der Waals surface area contributed by atoms with Gasteiger partial charge in [0.15, 0.2) is 5.13 Å². The highest BCUT2D eigenvalue weighted by atomic mass is 32.1. The summed E-state index contributed by atoms with van der Waals surface area (Å²) in [6, 6.07) is 8.87. The Balaban J connectivity index is 2.22. The summed E-state index contributed by atoms with van der Waals surface area (Å²) >= 11 is 1.30. The van der Waals surface area contributed by atoms with Crippen LogP contribution in [0.2, 0.25) is 0 Å². The van der Waals surface area contributed by atoms with Crippen LogP contribution in [0, 0.1) is 10.1 Å². The lowest BCUT2D eigenvalue weighted by molar-refractivity contribution is -0.479. The number of nitrogens with one attached hydrogen (secondary N) is 1. The van der Waals surface area contributed by atoms with Crippen molar-refractivity contribution >= 4 is 22.4 Å². The number of nitrogens with zero attached hydrogens (tertiary/aromatic N) is 2. The number of benzene rings is 1. The standard InChI is InChI=1S/C16H19N3O3S/c1-16(2,3)13-12(9-10-19(21)22)23-15(17-13)18-14(20)11-7-5-4-6-8-11/h4-8H,9-10H2,1-3H3,(H,17,18,20). The van der Waals surface area contributed by atoms with Gasteiger partial charge in [0, 0.05) is 27.2 Å². The largest absolute Gasteiger partial charge is 0.298 e. The van der Waals surface area contributed by atoms with Gasteiger partial charge in [-0.15, -0.1) is 11.3 Å². The van der Waals surface area contributed by atoms with Crippen molar-refractivity contribution in [1.29, 1.82) is 0 Å². The number of thiazole rings is 1. The van der Waals surface area contributed by atoms with E-state index in [0.717, 1.165) is 10.6 Å². The molecule has 23 heavy (non-hydrogen) atoms. The van der Waals surface area contributed by atoms with Crippen molar-refractivity contribution in [2.24, 2.45) is 0 Å². The van der Waals surface area contributed by atoms with Crippen LogP contribution in [0.3, 0.4) is 0 Å². The second-order valence-corrected chi connectivity index (χ2v) is 7.25. The molecule has 0 spiro atoms. The van der Waals surface area contributed by atoms with Gasteiger partial charge < -0.3 is 0 Å². The van der Waals surface area contributed by atoms with E-state index in [9.17, 15) is 14.9 Å². The number of anilines is 1. The maximum atomic E-state index is 12.2. The van der Waals surface area contributed by atoms with Crippen LogP contribution in [0.1, 0.15) is 41.7 Å². The summed E-state index contributed by atoms with van der Waals surface area (Å²) in [5.74, 6) is -0.236. The van der Waals surface area contributed by atoms with Gasteiger partial charge >= 0.3 is 0 Å². The Morgan fingerprint density at radius 1 is 1.30 bits per heavy atom. The number of rotatable bonds is 5. The Morgan fingerprint density at radius 3 is 2.52 bits per heavy atom. The molecule has 2 rings (SSSR count). The molecule has 1 aromatic carbocycles. The molecule has 0 bridgehead atoms. The number of nitro groups is 1. The van der Waals surface area contributed by atoms with E-state index in [-0.39, 0.29) is 22.8 Å². The lowest BCUT2D eigenvalue weighted by Crippen LogP contribution is -2.16. The van der Waals surface area contributed by atoms with E-state index in [0.29, 0.717) is 17.1 Å². The van der Waals surface area contributed by atoms with Gasteiger partial charge in [-0.25, -0.2) is 4.98 Å². The Bertz CT molecular complexity index is 705. The number of carbonyl (C=O) groups excluding carboxylic acids is 1. The first kappa shape index (κ1) is 17.1. The Kier molecular flexibility index (Phi) is 5.10. The highest BCUT2D eigenvalue weighted by Gasteiger charge is 2.24. The normalized spacial score (nSPS) is 11.3. The smallest absolute Gasteiger partial charge is 0.257 e. The molecule has 1 heterocycles. The van der Waals surface area contributed by atoms with Gasteiger partial charge in [-0.3, -0.25) is 20.2 Å². The van der Waals surface area contributed by atoms with Crippen LogP contribution in [0.25, 0.3) is 0 Å². The van der Waals surface area contributed by atoms with E-state index >= 15 is 0 Å². The molecule has 0 fully saturated rings. The van der Waals surface area contributed by atoms with Crippen LogP contribution in [0.4, 0.5) is 5.13 Å². The summed E-state index contributed by atoms with van der Waals surface area (Å²) in [5, 5.41) is 13.9. The number of hydrogen-bond acceptors (Lipinski definition) is 5. The lowest BCUT2D eigenvalue weighted by Gasteiger charge is -2.16. The Labute approximate surface area is 138 Å². The molecule has 0 atom stereocenters. The zero-order valence-corrected chi connectivity index (χ0v) is 14.1. The fourth-order valence-corrected chi connectivity index (χ4v) is 3.27. The molecule has 1 N–H and O–H groups in total. The number of aromatic nitrogens is 1. The molecule has 0 aliphatic carbocycles. The van der Waals surface area contributed by atoms with Gasteiger partial charge in [-0.2, -0.15) is 0 Å². The highest BCUT2D eigenvalue weighted by Crippen LogP contribution is 2.32. The molecule has 0 aliphatic rings. The van der Waals surface area contributed by atoms with Crippen molar-refractivity contribution in [3.8, 4) is 0 Å². The van der Waals surface area contributed by atoms with E-state index in [1.54, 1.807) is 24.3 Å². The molecule has 0 saturated heterocycles. The number of hydrogen-bond donors (Lipinski definition) is 1. The van der Waals surface area contributed by atoms with Crippen molar-refractivity contribution in [2.45, 2.75) is 32.6 Å². The zero-order valence-electron chi connectivity index (χ0n) is 13.3. The first-order valence-electron chi connectivity index (χ1n) is 7.26. The topological polar surface area (TPSA) is 85.1 Å².